The minimum atomic E-state index is -0.658. The molecule has 0 unspecified atom stereocenters. The molecular weight excluding hydrogens is 276 g/mol. The lowest BCUT2D eigenvalue weighted by Gasteiger charge is -2.27. The molecule has 0 radical (unpaired) electrons. The Kier molecular flexibility index (Phi) is 7.08. The van der Waals surface area contributed by atoms with Crippen molar-refractivity contribution >= 4 is 5.97 Å². The summed E-state index contributed by atoms with van der Waals surface area (Å²) in [7, 11) is 0. The van der Waals surface area contributed by atoms with E-state index >= 15 is 0 Å². The molecule has 0 aliphatic heterocycles. The third-order valence-electron chi connectivity index (χ3n) is 4.00. The zero-order valence-electron chi connectivity index (χ0n) is 14.6. The highest BCUT2D eigenvalue weighted by atomic mass is 17.2. The molecule has 0 heterocycles. The van der Waals surface area contributed by atoms with Crippen molar-refractivity contribution in [1.29, 1.82) is 0 Å². The van der Waals surface area contributed by atoms with Crippen molar-refractivity contribution in [1.82, 2.24) is 0 Å². The molecule has 0 aliphatic rings. The maximum atomic E-state index is 12.3. The molecule has 124 valence electrons. The second-order valence-corrected chi connectivity index (χ2v) is 7.03. The second kappa shape index (κ2) is 8.33. The summed E-state index contributed by atoms with van der Waals surface area (Å²) in [5.41, 5.74) is -0.195. The van der Waals surface area contributed by atoms with Crippen molar-refractivity contribution in [2.45, 2.75) is 72.3 Å². The largest absolute Gasteiger partial charge is 0.347 e. The van der Waals surface area contributed by atoms with E-state index in [0.717, 1.165) is 24.8 Å². The van der Waals surface area contributed by atoms with E-state index in [4.69, 9.17) is 9.78 Å². The molecular formula is C19H30O3. The van der Waals surface area contributed by atoms with Crippen LogP contribution >= 0.6 is 0 Å². The molecule has 0 saturated carbocycles. The molecule has 0 spiro atoms. The molecule has 1 aromatic rings. The van der Waals surface area contributed by atoms with Crippen molar-refractivity contribution < 1.29 is 14.6 Å². The number of carbonyl (C=O) groups is 1. The lowest BCUT2D eigenvalue weighted by atomic mass is 9.87. The Hall–Kier alpha value is -1.35. The van der Waals surface area contributed by atoms with Crippen LogP contribution in [0.25, 0.3) is 0 Å². The smallest absolute Gasteiger partial charge is 0.297 e. The van der Waals surface area contributed by atoms with E-state index in [9.17, 15) is 4.79 Å². The first-order chi connectivity index (χ1) is 10.3. The van der Waals surface area contributed by atoms with Crippen molar-refractivity contribution in [2.75, 3.05) is 0 Å². The van der Waals surface area contributed by atoms with E-state index in [1.54, 1.807) is 0 Å². The van der Waals surface area contributed by atoms with Gasteiger partial charge in [0.2, 0.25) is 0 Å². The third kappa shape index (κ3) is 5.80. The van der Waals surface area contributed by atoms with E-state index in [-0.39, 0.29) is 5.97 Å². The minimum Gasteiger partial charge on any atom is -0.297 e. The fourth-order valence-electron chi connectivity index (χ4n) is 2.24. The summed E-state index contributed by atoms with van der Waals surface area (Å²) in [4.78, 5) is 22.8. The Morgan fingerprint density at radius 2 is 1.64 bits per heavy atom. The molecule has 0 aliphatic carbocycles. The van der Waals surface area contributed by atoms with E-state index in [2.05, 4.69) is 6.92 Å². The van der Waals surface area contributed by atoms with Gasteiger partial charge in [-0.15, -0.1) is 0 Å². The van der Waals surface area contributed by atoms with Gasteiger partial charge in [-0.1, -0.05) is 62.9 Å². The Labute approximate surface area is 134 Å². The highest BCUT2D eigenvalue weighted by Gasteiger charge is 2.32. The summed E-state index contributed by atoms with van der Waals surface area (Å²) < 4.78 is 0. The molecule has 1 aromatic carbocycles. The average Bonchev–Trinajstić information content (AvgIpc) is 2.50. The Morgan fingerprint density at radius 1 is 1.00 bits per heavy atom. The monoisotopic (exact) mass is 306 g/mol. The van der Waals surface area contributed by atoms with E-state index in [1.807, 2.05) is 58.0 Å². The van der Waals surface area contributed by atoms with Gasteiger partial charge < -0.3 is 0 Å². The fraction of sp³-hybridized carbons (Fsp3) is 0.632. The van der Waals surface area contributed by atoms with Crippen LogP contribution in [0, 0.1) is 5.41 Å². The van der Waals surface area contributed by atoms with Crippen molar-refractivity contribution in [3.05, 3.63) is 35.9 Å². The highest BCUT2D eigenvalue weighted by Crippen LogP contribution is 2.29. The lowest BCUT2D eigenvalue weighted by Crippen LogP contribution is -2.31. The van der Waals surface area contributed by atoms with Gasteiger partial charge in [0.15, 0.2) is 0 Å². The summed E-state index contributed by atoms with van der Waals surface area (Å²) >= 11 is 0. The fourth-order valence-corrected chi connectivity index (χ4v) is 2.24. The van der Waals surface area contributed by atoms with E-state index in [1.165, 1.54) is 12.8 Å². The number of benzene rings is 1. The van der Waals surface area contributed by atoms with Gasteiger partial charge in [-0.05, 0) is 39.7 Å². The van der Waals surface area contributed by atoms with Crippen molar-refractivity contribution in [3.63, 3.8) is 0 Å². The normalized spacial score (nSPS) is 12.2. The highest BCUT2D eigenvalue weighted by molar-refractivity contribution is 5.75. The Bertz CT molecular complexity index is 449. The second-order valence-electron chi connectivity index (χ2n) is 7.03. The average molecular weight is 306 g/mol. The summed E-state index contributed by atoms with van der Waals surface area (Å²) in [6.07, 6.45) is 5.42. The predicted octanol–water partition coefficient (Wildman–Crippen LogP) is 5.39. The standard InChI is InChI=1S/C19H30O3/c1-6-7-8-12-15-18(2,3)17(20)21-22-19(4,5)16-13-10-9-11-14-16/h9-11,13-14H,6-8,12,15H2,1-5H3. The molecule has 0 saturated heterocycles. The number of rotatable bonds is 9. The molecule has 0 atom stereocenters. The molecule has 0 amide bonds. The molecule has 0 bridgehead atoms. The van der Waals surface area contributed by atoms with Crippen LogP contribution in [-0.2, 0) is 20.2 Å². The zero-order valence-corrected chi connectivity index (χ0v) is 14.6. The summed E-state index contributed by atoms with van der Waals surface area (Å²) in [5, 5.41) is 0. The van der Waals surface area contributed by atoms with Crippen LogP contribution in [0.3, 0.4) is 0 Å². The summed E-state index contributed by atoms with van der Waals surface area (Å²) in [6, 6.07) is 9.76. The van der Waals surface area contributed by atoms with Gasteiger partial charge in [0.1, 0.15) is 5.60 Å². The third-order valence-corrected chi connectivity index (χ3v) is 4.00. The maximum Gasteiger partial charge on any atom is 0.347 e. The first-order valence-electron chi connectivity index (χ1n) is 8.25. The first kappa shape index (κ1) is 18.7. The van der Waals surface area contributed by atoms with Crippen molar-refractivity contribution in [3.8, 4) is 0 Å². The first-order valence-corrected chi connectivity index (χ1v) is 8.25. The number of unbranched alkanes of at least 4 members (excludes halogenated alkanes) is 3. The summed E-state index contributed by atoms with van der Waals surface area (Å²) in [6.45, 7) is 9.80. The lowest BCUT2D eigenvalue weighted by molar-refractivity contribution is -0.335. The predicted molar refractivity (Wildman–Crippen MR) is 89.2 cm³/mol. The Balaban J connectivity index is 2.50. The van der Waals surface area contributed by atoms with Crippen LogP contribution < -0.4 is 0 Å². The van der Waals surface area contributed by atoms with Gasteiger partial charge >= 0.3 is 5.97 Å². The van der Waals surface area contributed by atoms with E-state index in [0.29, 0.717) is 0 Å². The van der Waals surface area contributed by atoms with Gasteiger partial charge in [-0.2, -0.15) is 4.89 Å². The molecule has 3 heteroatoms. The van der Waals surface area contributed by atoms with Gasteiger partial charge in [-0.3, -0.25) is 4.89 Å². The zero-order chi connectivity index (χ0) is 16.6. The quantitative estimate of drug-likeness (QED) is 0.348. The number of hydrogen-bond donors (Lipinski definition) is 0. The topological polar surface area (TPSA) is 35.5 Å². The van der Waals surface area contributed by atoms with Crippen LogP contribution in [-0.4, -0.2) is 5.97 Å². The summed E-state index contributed by atoms with van der Waals surface area (Å²) in [5.74, 6) is -0.298. The van der Waals surface area contributed by atoms with Crippen LogP contribution in [0.1, 0.15) is 72.3 Å². The molecule has 3 nitrogen and oxygen atoms in total. The molecule has 22 heavy (non-hydrogen) atoms. The van der Waals surface area contributed by atoms with Gasteiger partial charge in [0.05, 0.1) is 5.41 Å². The molecule has 0 fully saturated rings. The minimum absolute atomic E-state index is 0.298. The number of hydrogen-bond acceptors (Lipinski definition) is 3. The maximum absolute atomic E-state index is 12.3. The van der Waals surface area contributed by atoms with Gasteiger partial charge in [-0.25, -0.2) is 4.79 Å². The SMILES string of the molecule is CCCCCCC(C)(C)C(=O)OOC(C)(C)c1ccccc1. The van der Waals surface area contributed by atoms with Crippen LogP contribution in [0.2, 0.25) is 0 Å². The van der Waals surface area contributed by atoms with Gasteiger partial charge in [0, 0.05) is 0 Å². The molecule has 1 rings (SSSR count). The van der Waals surface area contributed by atoms with E-state index < -0.39 is 11.0 Å². The Morgan fingerprint density at radius 3 is 2.23 bits per heavy atom. The van der Waals surface area contributed by atoms with Crippen LogP contribution in [0.4, 0.5) is 0 Å². The molecule has 0 N–H and O–H groups in total. The van der Waals surface area contributed by atoms with Crippen molar-refractivity contribution in [2.24, 2.45) is 5.41 Å². The van der Waals surface area contributed by atoms with Crippen LogP contribution in [0.15, 0.2) is 30.3 Å². The number of carbonyl (C=O) groups excluding carboxylic acids is 1. The van der Waals surface area contributed by atoms with Gasteiger partial charge in [0.25, 0.3) is 0 Å². The molecule has 0 aromatic heterocycles. The van der Waals surface area contributed by atoms with Crippen LogP contribution in [0.5, 0.6) is 0 Å².